The van der Waals surface area contributed by atoms with E-state index in [0.29, 0.717) is 6.42 Å². The van der Waals surface area contributed by atoms with E-state index in [0.717, 1.165) is 48.8 Å². The zero-order valence-electron chi connectivity index (χ0n) is 11.9. The van der Waals surface area contributed by atoms with E-state index >= 15 is 0 Å². The minimum atomic E-state index is 0.251. The third-order valence-electron chi connectivity index (χ3n) is 4.12. The van der Waals surface area contributed by atoms with Crippen LogP contribution in [-0.2, 0) is 18.3 Å². The fraction of sp³-hybridized carbons (Fsp3) is 0.714. The molecule has 1 saturated heterocycles. The van der Waals surface area contributed by atoms with Crippen LogP contribution in [0.2, 0.25) is 0 Å². The number of likely N-dealkylation sites (tertiary alicyclic amines) is 1. The summed E-state index contributed by atoms with van der Waals surface area (Å²) < 4.78 is 1.86. The van der Waals surface area contributed by atoms with Crippen LogP contribution in [-0.4, -0.2) is 33.7 Å². The first kappa shape index (κ1) is 13.1. The molecule has 0 aromatic carbocycles. The molecule has 4 heteroatoms. The molecule has 0 unspecified atom stereocenters. The average Bonchev–Trinajstić information content (AvgIpc) is 2.57. The van der Waals surface area contributed by atoms with Crippen molar-refractivity contribution < 1.29 is 4.79 Å². The molecular weight excluding hydrogens is 226 g/mol. The molecule has 1 aliphatic rings. The predicted octanol–water partition coefficient (Wildman–Crippen LogP) is 1.84. The third kappa shape index (κ3) is 2.57. The fourth-order valence-corrected chi connectivity index (χ4v) is 2.59. The summed E-state index contributed by atoms with van der Waals surface area (Å²) in [5, 5.41) is 4.37. The van der Waals surface area contributed by atoms with Crippen LogP contribution in [0.4, 0.5) is 0 Å². The number of aromatic nitrogens is 2. The van der Waals surface area contributed by atoms with Gasteiger partial charge in [-0.3, -0.25) is 9.48 Å². The van der Waals surface area contributed by atoms with Gasteiger partial charge in [0.25, 0.3) is 0 Å². The van der Waals surface area contributed by atoms with Crippen molar-refractivity contribution in [2.45, 2.75) is 40.0 Å². The normalized spacial score (nSPS) is 17.2. The van der Waals surface area contributed by atoms with Gasteiger partial charge in [-0.05, 0) is 32.6 Å². The number of nitrogens with zero attached hydrogens (tertiary/aromatic N) is 3. The van der Waals surface area contributed by atoms with Gasteiger partial charge in [-0.2, -0.15) is 5.10 Å². The van der Waals surface area contributed by atoms with Crippen LogP contribution < -0.4 is 0 Å². The molecule has 18 heavy (non-hydrogen) atoms. The van der Waals surface area contributed by atoms with Crippen LogP contribution in [0.15, 0.2) is 0 Å². The summed E-state index contributed by atoms with van der Waals surface area (Å²) >= 11 is 0. The Morgan fingerprint density at radius 2 is 1.94 bits per heavy atom. The first-order valence-electron chi connectivity index (χ1n) is 6.76. The van der Waals surface area contributed by atoms with E-state index in [1.807, 2.05) is 30.5 Å². The van der Waals surface area contributed by atoms with Crippen molar-refractivity contribution in [3.8, 4) is 0 Å². The van der Waals surface area contributed by atoms with Crippen molar-refractivity contribution in [2.75, 3.05) is 13.1 Å². The van der Waals surface area contributed by atoms with Gasteiger partial charge in [0.05, 0.1) is 12.1 Å². The van der Waals surface area contributed by atoms with Crippen LogP contribution in [0, 0.1) is 19.8 Å². The topological polar surface area (TPSA) is 38.1 Å². The monoisotopic (exact) mass is 249 g/mol. The van der Waals surface area contributed by atoms with E-state index in [9.17, 15) is 4.79 Å². The SMILES string of the molecule is Cc1nn(C)c(C)c1CC(=O)N1CCC(C)CC1. The number of carbonyl (C=O) groups is 1. The van der Waals surface area contributed by atoms with Crippen molar-refractivity contribution in [3.63, 3.8) is 0 Å². The quantitative estimate of drug-likeness (QED) is 0.802. The van der Waals surface area contributed by atoms with Gasteiger partial charge in [0.1, 0.15) is 0 Å². The highest BCUT2D eigenvalue weighted by Gasteiger charge is 2.22. The van der Waals surface area contributed by atoms with Crippen LogP contribution in [0.3, 0.4) is 0 Å². The number of hydrogen-bond acceptors (Lipinski definition) is 2. The van der Waals surface area contributed by atoms with Crippen molar-refractivity contribution in [3.05, 3.63) is 17.0 Å². The van der Waals surface area contributed by atoms with Gasteiger partial charge < -0.3 is 4.90 Å². The van der Waals surface area contributed by atoms with Crippen LogP contribution in [0.1, 0.15) is 36.7 Å². The van der Waals surface area contributed by atoms with Crippen molar-refractivity contribution in [1.29, 1.82) is 0 Å². The number of carbonyl (C=O) groups excluding carboxylic acids is 1. The largest absolute Gasteiger partial charge is 0.342 e. The number of hydrogen-bond donors (Lipinski definition) is 0. The van der Waals surface area contributed by atoms with Crippen molar-refractivity contribution in [2.24, 2.45) is 13.0 Å². The van der Waals surface area contributed by atoms with Crippen LogP contribution >= 0.6 is 0 Å². The van der Waals surface area contributed by atoms with Gasteiger partial charge >= 0.3 is 0 Å². The molecule has 0 spiro atoms. The summed E-state index contributed by atoms with van der Waals surface area (Å²) in [7, 11) is 1.93. The molecule has 0 radical (unpaired) electrons. The number of rotatable bonds is 2. The molecule has 0 saturated carbocycles. The molecule has 0 aliphatic carbocycles. The average molecular weight is 249 g/mol. The minimum Gasteiger partial charge on any atom is -0.342 e. The second kappa shape index (κ2) is 5.12. The summed E-state index contributed by atoms with van der Waals surface area (Å²) in [6.07, 6.45) is 2.77. The van der Waals surface area contributed by atoms with Gasteiger partial charge in [-0.15, -0.1) is 0 Å². The molecule has 0 N–H and O–H groups in total. The van der Waals surface area contributed by atoms with E-state index in [4.69, 9.17) is 0 Å². The van der Waals surface area contributed by atoms with Crippen molar-refractivity contribution >= 4 is 5.91 Å². The molecule has 0 atom stereocenters. The standard InChI is InChI=1S/C14H23N3O/c1-10-5-7-17(8-6-10)14(18)9-13-11(2)15-16(4)12(13)3/h10H,5-9H2,1-4H3. The molecule has 1 aromatic heterocycles. The molecule has 0 bridgehead atoms. The highest BCUT2D eigenvalue weighted by molar-refractivity contribution is 5.79. The first-order valence-corrected chi connectivity index (χ1v) is 6.76. The highest BCUT2D eigenvalue weighted by atomic mass is 16.2. The van der Waals surface area contributed by atoms with Crippen molar-refractivity contribution in [1.82, 2.24) is 14.7 Å². The van der Waals surface area contributed by atoms with Crippen LogP contribution in [0.25, 0.3) is 0 Å². The van der Waals surface area contributed by atoms with Gasteiger partial charge in [0.2, 0.25) is 5.91 Å². The van der Waals surface area contributed by atoms with E-state index in [2.05, 4.69) is 12.0 Å². The van der Waals surface area contributed by atoms with E-state index in [-0.39, 0.29) is 5.91 Å². The summed E-state index contributed by atoms with van der Waals surface area (Å²) in [6.45, 7) is 8.10. The lowest BCUT2D eigenvalue weighted by Crippen LogP contribution is -2.38. The van der Waals surface area contributed by atoms with Gasteiger partial charge in [-0.1, -0.05) is 6.92 Å². The summed E-state index contributed by atoms with van der Waals surface area (Å²) in [5.74, 6) is 1.01. The molecule has 1 aromatic rings. The molecule has 2 rings (SSSR count). The van der Waals surface area contributed by atoms with Gasteiger partial charge in [0.15, 0.2) is 0 Å². The number of amides is 1. The molecule has 2 heterocycles. The summed E-state index contributed by atoms with van der Waals surface area (Å²) in [6, 6.07) is 0. The Kier molecular flexibility index (Phi) is 3.73. The molecule has 100 valence electrons. The molecule has 1 aliphatic heterocycles. The Hall–Kier alpha value is -1.32. The van der Waals surface area contributed by atoms with E-state index < -0.39 is 0 Å². The highest BCUT2D eigenvalue weighted by Crippen LogP contribution is 2.19. The number of aryl methyl sites for hydroxylation is 2. The fourth-order valence-electron chi connectivity index (χ4n) is 2.59. The molecular formula is C14H23N3O. The maximum absolute atomic E-state index is 12.3. The van der Waals surface area contributed by atoms with Crippen LogP contribution in [0.5, 0.6) is 0 Å². The second-order valence-corrected chi connectivity index (χ2v) is 5.51. The molecule has 1 amide bonds. The zero-order valence-corrected chi connectivity index (χ0v) is 11.9. The van der Waals surface area contributed by atoms with E-state index in [1.165, 1.54) is 0 Å². The first-order chi connectivity index (χ1) is 8.49. The Labute approximate surface area is 109 Å². The molecule has 4 nitrogen and oxygen atoms in total. The van der Waals surface area contributed by atoms with Gasteiger partial charge in [0, 0.05) is 31.4 Å². The summed E-state index contributed by atoms with van der Waals surface area (Å²) in [4.78, 5) is 14.3. The lowest BCUT2D eigenvalue weighted by atomic mass is 9.98. The number of piperidine rings is 1. The lowest BCUT2D eigenvalue weighted by molar-refractivity contribution is -0.131. The van der Waals surface area contributed by atoms with E-state index in [1.54, 1.807) is 0 Å². The Morgan fingerprint density at radius 1 is 1.33 bits per heavy atom. The lowest BCUT2D eigenvalue weighted by Gasteiger charge is -2.30. The summed E-state index contributed by atoms with van der Waals surface area (Å²) in [5.41, 5.74) is 3.18. The minimum absolute atomic E-state index is 0.251. The second-order valence-electron chi connectivity index (χ2n) is 5.51. The van der Waals surface area contributed by atoms with Gasteiger partial charge in [-0.25, -0.2) is 0 Å². The molecule has 1 fully saturated rings. The Bertz CT molecular complexity index is 442. The Morgan fingerprint density at radius 3 is 2.44 bits per heavy atom. The maximum Gasteiger partial charge on any atom is 0.227 e. The predicted molar refractivity (Wildman–Crippen MR) is 71.4 cm³/mol. The maximum atomic E-state index is 12.3. The smallest absolute Gasteiger partial charge is 0.227 e. The Balaban J connectivity index is 2.03. The zero-order chi connectivity index (χ0) is 13.3. The third-order valence-corrected chi connectivity index (χ3v) is 4.12.